The molecule has 0 radical (unpaired) electrons. The van der Waals surface area contributed by atoms with Crippen LogP contribution in [0.25, 0.3) is 0 Å². The number of hydrogen-bond donors (Lipinski definition) is 6. The Morgan fingerprint density at radius 1 is 0.642 bits per heavy atom. The van der Waals surface area contributed by atoms with Crippen LogP contribution in [-0.4, -0.2) is 87.5 Å². The fraction of sp³-hybridized carbons (Fsp3) is 0.795. The molecule has 0 aliphatic carbocycles. The van der Waals surface area contributed by atoms with Crippen LogP contribution >= 0.6 is 0 Å². The Balaban J connectivity index is 2.41. The van der Waals surface area contributed by atoms with E-state index in [4.69, 9.17) is 9.47 Å². The van der Waals surface area contributed by atoms with Gasteiger partial charge in [-0.25, -0.2) is 0 Å². The number of hydrogen-bond acceptors (Lipinski definition) is 8. The lowest BCUT2D eigenvalue weighted by Gasteiger charge is -2.40. The first kappa shape index (κ1) is 49.2. The first-order valence-corrected chi connectivity index (χ1v) is 21.4. The number of ether oxygens (including phenoxy) is 2. The maximum atomic E-state index is 12.9. The summed E-state index contributed by atoms with van der Waals surface area (Å²) in [6.45, 7) is 3.70. The quantitative estimate of drug-likeness (QED) is 0.0285. The van der Waals surface area contributed by atoms with Gasteiger partial charge >= 0.3 is 0 Å². The second-order valence-electron chi connectivity index (χ2n) is 14.8. The van der Waals surface area contributed by atoms with Gasteiger partial charge in [0.1, 0.15) is 24.4 Å². The van der Waals surface area contributed by atoms with Crippen LogP contribution in [-0.2, 0) is 14.3 Å². The van der Waals surface area contributed by atoms with Crippen molar-refractivity contribution in [3.05, 3.63) is 48.6 Å². The zero-order valence-corrected chi connectivity index (χ0v) is 33.5. The Bertz CT molecular complexity index is 967. The van der Waals surface area contributed by atoms with Gasteiger partial charge in [0.25, 0.3) is 0 Å². The highest BCUT2D eigenvalue weighted by Crippen LogP contribution is 2.22. The third-order valence-electron chi connectivity index (χ3n) is 9.88. The molecule has 0 saturated carbocycles. The molecule has 1 saturated heterocycles. The lowest BCUT2D eigenvalue weighted by atomic mass is 9.99. The molecule has 0 spiro atoms. The third-order valence-corrected chi connectivity index (χ3v) is 9.88. The number of nitrogens with one attached hydrogen (secondary N) is 1. The number of amides is 1. The van der Waals surface area contributed by atoms with E-state index >= 15 is 0 Å². The molecule has 0 aromatic rings. The lowest BCUT2D eigenvalue weighted by molar-refractivity contribution is -0.302. The van der Waals surface area contributed by atoms with E-state index in [1.165, 1.54) is 89.9 Å². The van der Waals surface area contributed by atoms with E-state index in [0.29, 0.717) is 6.42 Å². The number of aliphatic hydroxyl groups excluding tert-OH is 5. The maximum Gasteiger partial charge on any atom is 0.220 e. The number of unbranched alkanes of at least 4 members (excludes halogenated alkanes) is 18. The molecule has 7 unspecified atom stereocenters. The Labute approximate surface area is 323 Å². The molecule has 1 fully saturated rings. The largest absolute Gasteiger partial charge is 0.394 e. The molecule has 308 valence electrons. The van der Waals surface area contributed by atoms with E-state index in [-0.39, 0.29) is 12.5 Å². The number of rotatable bonds is 34. The van der Waals surface area contributed by atoms with E-state index in [1.54, 1.807) is 6.08 Å². The third kappa shape index (κ3) is 25.8. The van der Waals surface area contributed by atoms with Crippen molar-refractivity contribution in [3.8, 4) is 0 Å². The number of carbonyl (C=O) groups excluding carboxylic acids is 1. The summed E-state index contributed by atoms with van der Waals surface area (Å²) in [5.41, 5.74) is 0. The minimum Gasteiger partial charge on any atom is -0.394 e. The molecule has 9 heteroatoms. The predicted octanol–water partition coefficient (Wildman–Crippen LogP) is 8.28. The lowest BCUT2D eigenvalue weighted by Crippen LogP contribution is -2.60. The van der Waals surface area contributed by atoms with Crippen LogP contribution in [0.15, 0.2) is 48.6 Å². The molecule has 53 heavy (non-hydrogen) atoms. The van der Waals surface area contributed by atoms with Gasteiger partial charge in [-0.15, -0.1) is 0 Å². The minimum atomic E-state index is -1.57. The second-order valence-corrected chi connectivity index (χ2v) is 14.8. The summed E-state index contributed by atoms with van der Waals surface area (Å²) in [5, 5.41) is 54.0. The Morgan fingerprint density at radius 2 is 1.13 bits per heavy atom. The van der Waals surface area contributed by atoms with Crippen LogP contribution in [0.2, 0.25) is 0 Å². The maximum absolute atomic E-state index is 12.9. The summed E-state index contributed by atoms with van der Waals surface area (Å²) >= 11 is 0. The topological polar surface area (TPSA) is 149 Å². The van der Waals surface area contributed by atoms with Crippen molar-refractivity contribution in [3.63, 3.8) is 0 Å². The molecule has 1 amide bonds. The number of aliphatic hydroxyl groups is 5. The van der Waals surface area contributed by atoms with Gasteiger partial charge in [-0.05, 0) is 64.2 Å². The minimum absolute atomic E-state index is 0.199. The van der Waals surface area contributed by atoms with Crippen LogP contribution in [0.5, 0.6) is 0 Å². The molecule has 9 nitrogen and oxygen atoms in total. The smallest absolute Gasteiger partial charge is 0.220 e. The van der Waals surface area contributed by atoms with Crippen molar-refractivity contribution >= 4 is 5.91 Å². The van der Waals surface area contributed by atoms with Gasteiger partial charge in [-0.2, -0.15) is 0 Å². The molecule has 6 N–H and O–H groups in total. The van der Waals surface area contributed by atoms with Crippen molar-refractivity contribution in [2.75, 3.05) is 13.2 Å². The Kier molecular flexibility index (Phi) is 32.1. The molecule has 0 aromatic heterocycles. The Hall–Kier alpha value is -1.85. The van der Waals surface area contributed by atoms with Crippen LogP contribution < -0.4 is 5.32 Å². The van der Waals surface area contributed by atoms with Gasteiger partial charge in [-0.3, -0.25) is 4.79 Å². The van der Waals surface area contributed by atoms with Crippen molar-refractivity contribution in [2.24, 2.45) is 0 Å². The highest BCUT2D eigenvalue weighted by atomic mass is 16.7. The molecule has 0 aromatic carbocycles. The van der Waals surface area contributed by atoms with Gasteiger partial charge in [0.2, 0.25) is 5.91 Å². The number of carbonyl (C=O) groups is 1. The van der Waals surface area contributed by atoms with Crippen molar-refractivity contribution in [2.45, 2.75) is 211 Å². The van der Waals surface area contributed by atoms with Crippen molar-refractivity contribution in [1.29, 1.82) is 0 Å². The zero-order valence-electron chi connectivity index (χ0n) is 33.5. The average Bonchev–Trinajstić information content (AvgIpc) is 3.16. The number of allylic oxidation sites excluding steroid dienone is 7. The molecule has 1 aliphatic rings. The highest BCUT2D eigenvalue weighted by molar-refractivity contribution is 5.76. The molecule has 1 rings (SSSR count). The van der Waals surface area contributed by atoms with Gasteiger partial charge < -0.3 is 40.3 Å². The summed E-state index contributed by atoms with van der Waals surface area (Å²) < 4.78 is 11.2. The van der Waals surface area contributed by atoms with E-state index in [1.807, 2.05) is 6.08 Å². The average molecular weight is 750 g/mol. The fourth-order valence-electron chi connectivity index (χ4n) is 6.38. The van der Waals surface area contributed by atoms with Gasteiger partial charge in [0, 0.05) is 6.42 Å². The fourth-order valence-corrected chi connectivity index (χ4v) is 6.38. The summed E-state index contributed by atoms with van der Waals surface area (Å²) in [6, 6.07) is -0.824. The molecule has 1 heterocycles. The molecular weight excluding hydrogens is 670 g/mol. The van der Waals surface area contributed by atoms with Crippen molar-refractivity contribution < 1.29 is 39.8 Å². The SMILES string of the molecule is CCCCCC/C=C\C/C=C\CCCCCCCCCC(=O)NC(COC1OC(CO)C(O)C(O)C1O)C(O)/C=C/CC/C=C/CCCCCCCC. The van der Waals surface area contributed by atoms with E-state index < -0.39 is 49.5 Å². The van der Waals surface area contributed by atoms with E-state index in [0.717, 1.165) is 57.8 Å². The van der Waals surface area contributed by atoms with Gasteiger partial charge in [0.05, 0.1) is 25.4 Å². The van der Waals surface area contributed by atoms with Crippen LogP contribution in [0.4, 0.5) is 0 Å². The normalized spacial score (nSPS) is 22.1. The van der Waals surface area contributed by atoms with Crippen molar-refractivity contribution in [1.82, 2.24) is 5.32 Å². The first-order chi connectivity index (χ1) is 25.8. The zero-order chi connectivity index (χ0) is 38.8. The summed E-state index contributed by atoms with van der Waals surface area (Å²) in [5.74, 6) is -0.199. The molecule has 0 bridgehead atoms. The van der Waals surface area contributed by atoms with Crippen LogP contribution in [0.1, 0.15) is 168 Å². The monoisotopic (exact) mass is 750 g/mol. The van der Waals surface area contributed by atoms with E-state index in [2.05, 4.69) is 55.6 Å². The molecule has 7 atom stereocenters. The highest BCUT2D eigenvalue weighted by Gasteiger charge is 2.44. The second kappa shape index (κ2) is 34.6. The predicted molar refractivity (Wildman–Crippen MR) is 216 cm³/mol. The Morgan fingerprint density at radius 3 is 1.72 bits per heavy atom. The summed E-state index contributed by atoms with van der Waals surface area (Å²) in [4.78, 5) is 12.9. The summed E-state index contributed by atoms with van der Waals surface area (Å²) in [7, 11) is 0. The first-order valence-electron chi connectivity index (χ1n) is 21.4. The van der Waals surface area contributed by atoms with Crippen LogP contribution in [0.3, 0.4) is 0 Å². The van der Waals surface area contributed by atoms with Gasteiger partial charge in [0.15, 0.2) is 6.29 Å². The summed E-state index contributed by atoms with van der Waals surface area (Å²) in [6.07, 6.45) is 35.8. The van der Waals surface area contributed by atoms with Crippen LogP contribution in [0, 0.1) is 0 Å². The molecule has 1 aliphatic heterocycles. The molecular formula is C44H79NO8. The standard InChI is InChI=1S/C44H79NO8/c1-3-5-7-9-11-13-15-17-18-19-20-21-22-24-26-28-30-32-34-40(48)45-37(36-52-44-43(51)42(50)41(49)39(35-46)53-44)38(47)33-31-29-27-25-23-16-14-12-10-8-6-4-2/h13,15,18-19,23,25,31,33,37-39,41-44,46-47,49-51H,3-12,14,16-17,20-22,24,26-30,32,34-36H2,1-2H3,(H,45,48)/b15-13-,19-18-,25-23+,33-31+. The van der Waals surface area contributed by atoms with Gasteiger partial charge in [-0.1, -0.05) is 146 Å². The van der Waals surface area contributed by atoms with E-state index in [9.17, 15) is 30.3 Å².